The first kappa shape index (κ1) is 15.7. The van der Waals surface area contributed by atoms with E-state index < -0.39 is 0 Å². The maximum absolute atomic E-state index is 3.65. The Morgan fingerprint density at radius 3 is 2.15 bits per heavy atom. The minimum absolute atomic E-state index is 0.286. The summed E-state index contributed by atoms with van der Waals surface area (Å²) in [6.45, 7) is 6.51. The van der Waals surface area contributed by atoms with Gasteiger partial charge in [0.1, 0.15) is 0 Å². The monoisotopic (exact) mass is 395 g/mol. The van der Waals surface area contributed by atoms with Gasteiger partial charge in [0.05, 0.1) is 0 Å². The summed E-state index contributed by atoms with van der Waals surface area (Å²) >= 11 is 7.12. The van der Waals surface area contributed by atoms with E-state index in [4.69, 9.17) is 0 Å². The third-order valence-corrected chi connectivity index (χ3v) is 4.69. The lowest BCUT2D eigenvalue weighted by atomic mass is 10.0. The predicted octanol–water partition coefficient (Wildman–Crippen LogP) is 5.93. The van der Waals surface area contributed by atoms with Crippen LogP contribution in [0.25, 0.3) is 0 Å². The maximum Gasteiger partial charge on any atom is 0.0308 e. The van der Waals surface area contributed by atoms with Gasteiger partial charge in [-0.25, -0.2) is 0 Å². The molecule has 0 radical (unpaired) electrons. The Kier molecular flexibility index (Phi) is 5.42. The summed E-state index contributed by atoms with van der Waals surface area (Å²) in [5.41, 5.74) is 3.88. The molecule has 106 valence electrons. The molecule has 3 heteroatoms. The molecule has 2 aromatic rings. The second-order valence-electron chi connectivity index (χ2n) is 5.19. The summed E-state index contributed by atoms with van der Waals surface area (Å²) in [6.07, 6.45) is 0. The fourth-order valence-corrected chi connectivity index (χ4v) is 3.66. The first-order chi connectivity index (χ1) is 9.47. The van der Waals surface area contributed by atoms with Crippen LogP contribution in [0.15, 0.2) is 51.4 Å². The van der Waals surface area contributed by atoms with Crippen LogP contribution in [0.5, 0.6) is 0 Å². The molecule has 0 aliphatic carbocycles. The van der Waals surface area contributed by atoms with Crippen molar-refractivity contribution < 1.29 is 0 Å². The molecule has 0 saturated carbocycles. The number of halogens is 2. The fraction of sp³-hybridized carbons (Fsp3) is 0.294. The Bertz CT molecular complexity index is 578. The second kappa shape index (κ2) is 6.88. The quantitative estimate of drug-likeness (QED) is 0.674. The molecule has 2 rings (SSSR count). The van der Waals surface area contributed by atoms with Crippen LogP contribution in [0.2, 0.25) is 0 Å². The van der Waals surface area contributed by atoms with Gasteiger partial charge in [0.15, 0.2) is 0 Å². The van der Waals surface area contributed by atoms with Gasteiger partial charge in [-0.15, -0.1) is 0 Å². The molecule has 1 unspecified atom stereocenters. The summed E-state index contributed by atoms with van der Waals surface area (Å²) in [7, 11) is 0. The Morgan fingerprint density at radius 2 is 1.55 bits per heavy atom. The van der Waals surface area contributed by atoms with Crippen LogP contribution in [0.3, 0.4) is 0 Å². The number of hydrogen-bond donors (Lipinski definition) is 1. The molecule has 0 fully saturated rings. The average molecular weight is 397 g/mol. The van der Waals surface area contributed by atoms with E-state index in [0.717, 1.165) is 8.95 Å². The molecule has 0 saturated heterocycles. The van der Waals surface area contributed by atoms with E-state index >= 15 is 0 Å². The highest BCUT2D eigenvalue weighted by molar-refractivity contribution is 9.11. The zero-order chi connectivity index (χ0) is 14.7. The van der Waals surface area contributed by atoms with Gasteiger partial charge >= 0.3 is 0 Å². The second-order valence-corrected chi connectivity index (χ2v) is 6.96. The SMILES string of the molecule is Cc1ccc([C@H](C)NC(C)c2ccc(Br)cc2Br)cc1. The molecular weight excluding hydrogens is 378 g/mol. The van der Waals surface area contributed by atoms with E-state index in [1.54, 1.807) is 0 Å². The minimum atomic E-state index is 0.286. The van der Waals surface area contributed by atoms with Crippen molar-refractivity contribution in [1.82, 2.24) is 5.32 Å². The molecule has 0 amide bonds. The van der Waals surface area contributed by atoms with Crippen LogP contribution in [-0.4, -0.2) is 0 Å². The van der Waals surface area contributed by atoms with Crippen molar-refractivity contribution in [3.05, 3.63) is 68.1 Å². The minimum Gasteiger partial charge on any atom is -0.304 e. The highest BCUT2D eigenvalue weighted by Crippen LogP contribution is 2.28. The van der Waals surface area contributed by atoms with Crippen molar-refractivity contribution in [2.24, 2.45) is 0 Å². The number of benzene rings is 2. The molecule has 1 nitrogen and oxygen atoms in total. The summed E-state index contributed by atoms with van der Waals surface area (Å²) in [5.74, 6) is 0. The van der Waals surface area contributed by atoms with Crippen molar-refractivity contribution in [2.75, 3.05) is 0 Å². The largest absolute Gasteiger partial charge is 0.304 e. The van der Waals surface area contributed by atoms with E-state index in [1.165, 1.54) is 16.7 Å². The summed E-state index contributed by atoms with van der Waals surface area (Å²) < 4.78 is 2.22. The Balaban J connectivity index is 2.10. The molecule has 0 aromatic heterocycles. The summed E-state index contributed by atoms with van der Waals surface area (Å²) in [6, 6.07) is 15.6. The standard InChI is InChI=1S/C17H19Br2N/c1-11-4-6-14(7-5-11)12(2)20-13(3)16-9-8-15(18)10-17(16)19/h4-10,12-13,20H,1-3H3/t12-,13?/m0/s1. The van der Waals surface area contributed by atoms with E-state index in [-0.39, 0.29) is 6.04 Å². The molecule has 0 bridgehead atoms. The molecular formula is C17H19Br2N. The van der Waals surface area contributed by atoms with Gasteiger partial charge in [-0.3, -0.25) is 0 Å². The highest BCUT2D eigenvalue weighted by Gasteiger charge is 2.13. The Hall–Kier alpha value is -0.640. The van der Waals surface area contributed by atoms with Crippen molar-refractivity contribution in [3.63, 3.8) is 0 Å². The van der Waals surface area contributed by atoms with E-state index in [1.807, 2.05) is 0 Å². The van der Waals surface area contributed by atoms with E-state index in [9.17, 15) is 0 Å². The fourth-order valence-electron chi connectivity index (χ4n) is 2.27. The van der Waals surface area contributed by atoms with Crippen LogP contribution in [-0.2, 0) is 0 Å². The summed E-state index contributed by atoms with van der Waals surface area (Å²) in [4.78, 5) is 0. The maximum atomic E-state index is 3.65. The molecule has 2 atom stereocenters. The van der Waals surface area contributed by atoms with Crippen LogP contribution in [0.4, 0.5) is 0 Å². The zero-order valence-electron chi connectivity index (χ0n) is 12.0. The van der Waals surface area contributed by atoms with Gasteiger partial charge in [0, 0.05) is 21.0 Å². The van der Waals surface area contributed by atoms with Crippen LogP contribution < -0.4 is 5.32 Å². The number of hydrogen-bond acceptors (Lipinski definition) is 1. The smallest absolute Gasteiger partial charge is 0.0308 e. The van der Waals surface area contributed by atoms with Gasteiger partial charge < -0.3 is 5.32 Å². The van der Waals surface area contributed by atoms with E-state index in [2.05, 4.69) is 100 Å². The first-order valence-electron chi connectivity index (χ1n) is 6.75. The number of rotatable bonds is 4. The molecule has 0 aliphatic rings. The van der Waals surface area contributed by atoms with Gasteiger partial charge in [-0.2, -0.15) is 0 Å². The topological polar surface area (TPSA) is 12.0 Å². The van der Waals surface area contributed by atoms with Crippen LogP contribution >= 0.6 is 31.9 Å². The number of aryl methyl sites for hydroxylation is 1. The van der Waals surface area contributed by atoms with Gasteiger partial charge in [-0.05, 0) is 44.0 Å². The lowest BCUT2D eigenvalue weighted by Crippen LogP contribution is -2.22. The molecule has 1 N–H and O–H groups in total. The molecule has 20 heavy (non-hydrogen) atoms. The first-order valence-corrected chi connectivity index (χ1v) is 8.33. The van der Waals surface area contributed by atoms with Gasteiger partial charge in [-0.1, -0.05) is 67.8 Å². The van der Waals surface area contributed by atoms with Crippen molar-refractivity contribution >= 4 is 31.9 Å². The normalized spacial score (nSPS) is 14.1. The molecule has 2 aromatic carbocycles. The average Bonchev–Trinajstić information content (AvgIpc) is 2.39. The zero-order valence-corrected chi connectivity index (χ0v) is 15.1. The number of nitrogens with one attached hydrogen (secondary N) is 1. The lowest BCUT2D eigenvalue weighted by molar-refractivity contribution is 0.493. The molecule has 0 spiro atoms. The summed E-state index contributed by atoms with van der Waals surface area (Å²) in [5, 5.41) is 3.65. The molecule has 0 heterocycles. The van der Waals surface area contributed by atoms with Crippen LogP contribution in [0.1, 0.15) is 42.6 Å². The Morgan fingerprint density at radius 1 is 0.900 bits per heavy atom. The van der Waals surface area contributed by atoms with Crippen molar-refractivity contribution in [1.29, 1.82) is 0 Å². The third kappa shape index (κ3) is 3.94. The van der Waals surface area contributed by atoms with E-state index in [0.29, 0.717) is 6.04 Å². The predicted molar refractivity (Wildman–Crippen MR) is 93.0 cm³/mol. The van der Waals surface area contributed by atoms with Gasteiger partial charge in [0.25, 0.3) is 0 Å². The molecule has 0 aliphatic heterocycles. The third-order valence-electron chi connectivity index (χ3n) is 3.51. The van der Waals surface area contributed by atoms with Gasteiger partial charge in [0.2, 0.25) is 0 Å². The van der Waals surface area contributed by atoms with Crippen LogP contribution in [0, 0.1) is 6.92 Å². The van der Waals surface area contributed by atoms with Crippen molar-refractivity contribution in [2.45, 2.75) is 32.9 Å². The lowest BCUT2D eigenvalue weighted by Gasteiger charge is -2.22. The Labute approximate surface area is 138 Å². The van der Waals surface area contributed by atoms with Crippen molar-refractivity contribution in [3.8, 4) is 0 Å². The highest BCUT2D eigenvalue weighted by atomic mass is 79.9.